The normalized spacial score (nSPS) is 36.9. The molecule has 0 aromatic rings. The molecule has 2 aliphatic rings. The number of rotatable bonds is 0. The van der Waals surface area contributed by atoms with Gasteiger partial charge in [0, 0.05) is 12.8 Å². The van der Waals surface area contributed by atoms with Crippen molar-refractivity contribution in [2.75, 3.05) is 0 Å². The molecule has 2 atom stereocenters. The summed E-state index contributed by atoms with van der Waals surface area (Å²) in [6.07, 6.45) is 9.48. The van der Waals surface area contributed by atoms with Gasteiger partial charge in [0.05, 0.1) is 0 Å². The highest BCUT2D eigenvalue weighted by Gasteiger charge is 2.27. The third-order valence-corrected chi connectivity index (χ3v) is 2.70. The van der Waals surface area contributed by atoms with E-state index in [0.717, 1.165) is 12.8 Å². The van der Waals surface area contributed by atoms with Crippen LogP contribution < -0.4 is 0 Å². The van der Waals surface area contributed by atoms with E-state index in [1.54, 1.807) is 0 Å². The Balaban J connectivity index is 1.79. The molecule has 0 amide bonds. The molecule has 0 saturated carbocycles. The fourth-order valence-corrected chi connectivity index (χ4v) is 1.90. The van der Waals surface area contributed by atoms with Crippen molar-refractivity contribution in [1.82, 2.24) is 0 Å². The van der Waals surface area contributed by atoms with Crippen LogP contribution in [0.1, 0.15) is 51.4 Å². The Morgan fingerprint density at radius 3 is 1.62 bits per heavy atom. The Kier molecular flexibility index (Phi) is 3.58. The predicted molar refractivity (Wildman–Crippen MR) is 47.8 cm³/mol. The third kappa shape index (κ3) is 2.93. The van der Waals surface area contributed by atoms with Gasteiger partial charge >= 0.3 is 0 Å². The molecule has 0 aromatic heterocycles. The number of hydrogen-bond acceptors (Lipinski definition) is 3. The predicted octanol–water partition coefficient (Wildman–Crippen LogP) is 2.75. The maximum absolute atomic E-state index is 5.55. The van der Waals surface area contributed by atoms with Gasteiger partial charge in [0.25, 0.3) is 0 Å². The summed E-state index contributed by atoms with van der Waals surface area (Å²) in [5.74, 6) is 0. The minimum Gasteiger partial charge on any atom is -0.318 e. The van der Waals surface area contributed by atoms with E-state index >= 15 is 0 Å². The van der Waals surface area contributed by atoms with Gasteiger partial charge in [-0.1, -0.05) is 25.7 Å². The van der Waals surface area contributed by atoms with E-state index in [9.17, 15) is 0 Å². The van der Waals surface area contributed by atoms with E-state index in [1.165, 1.54) is 38.5 Å². The Morgan fingerprint density at radius 1 is 0.615 bits per heavy atom. The summed E-state index contributed by atoms with van der Waals surface area (Å²) in [6.45, 7) is 0. The first-order chi connectivity index (χ1) is 6.45. The van der Waals surface area contributed by atoms with Crippen molar-refractivity contribution in [1.29, 1.82) is 0 Å². The molecule has 2 heterocycles. The maximum atomic E-state index is 5.55. The van der Waals surface area contributed by atoms with Crippen LogP contribution in [0, 0.1) is 0 Å². The number of fused-ring (bicyclic) bond motifs is 2. The SMILES string of the molecule is C1CCCC[C@H]2OO[C@@H](CCC1)O2. The molecular formula is C10H18O3. The highest BCUT2D eigenvalue weighted by Crippen LogP contribution is 2.24. The average molecular weight is 186 g/mol. The molecule has 13 heavy (non-hydrogen) atoms. The van der Waals surface area contributed by atoms with Gasteiger partial charge in [0.1, 0.15) is 0 Å². The van der Waals surface area contributed by atoms with Gasteiger partial charge in [-0.15, -0.1) is 0 Å². The highest BCUT2D eigenvalue weighted by atomic mass is 17.3. The monoisotopic (exact) mass is 186 g/mol. The van der Waals surface area contributed by atoms with Gasteiger partial charge in [-0.25, -0.2) is 9.78 Å². The van der Waals surface area contributed by atoms with Gasteiger partial charge < -0.3 is 4.74 Å². The lowest BCUT2D eigenvalue weighted by molar-refractivity contribution is -0.298. The van der Waals surface area contributed by atoms with Crippen LogP contribution in [0.3, 0.4) is 0 Å². The second-order valence-corrected chi connectivity index (χ2v) is 3.89. The van der Waals surface area contributed by atoms with Crippen LogP contribution >= 0.6 is 0 Å². The summed E-state index contributed by atoms with van der Waals surface area (Å²) in [5.41, 5.74) is 0. The molecule has 2 saturated heterocycles. The van der Waals surface area contributed by atoms with Gasteiger partial charge in [-0.05, 0) is 12.8 Å². The molecule has 0 aromatic carbocycles. The van der Waals surface area contributed by atoms with Crippen LogP contribution in [0.25, 0.3) is 0 Å². The molecule has 0 aliphatic carbocycles. The molecular weight excluding hydrogens is 168 g/mol. The molecule has 76 valence electrons. The lowest BCUT2D eigenvalue weighted by Crippen LogP contribution is -2.11. The maximum Gasteiger partial charge on any atom is 0.194 e. The molecule has 0 unspecified atom stereocenters. The van der Waals surface area contributed by atoms with Crippen molar-refractivity contribution in [2.45, 2.75) is 63.9 Å². The topological polar surface area (TPSA) is 27.7 Å². The fraction of sp³-hybridized carbons (Fsp3) is 1.00. The largest absolute Gasteiger partial charge is 0.318 e. The van der Waals surface area contributed by atoms with Crippen LogP contribution in [0.15, 0.2) is 0 Å². The van der Waals surface area contributed by atoms with E-state index in [2.05, 4.69) is 0 Å². The minimum atomic E-state index is -0.0944. The summed E-state index contributed by atoms with van der Waals surface area (Å²) >= 11 is 0. The Bertz CT molecular complexity index is 133. The van der Waals surface area contributed by atoms with E-state index in [1.807, 2.05) is 0 Å². The summed E-state index contributed by atoms with van der Waals surface area (Å²) < 4.78 is 5.55. The molecule has 3 nitrogen and oxygen atoms in total. The fourth-order valence-electron chi connectivity index (χ4n) is 1.90. The Labute approximate surface area is 79.3 Å². The molecule has 3 heteroatoms. The molecule has 2 rings (SSSR count). The Morgan fingerprint density at radius 2 is 1.08 bits per heavy atom. The summed E-state index contributed by atoms with van der Waals surface area (Å²) in [7, 11) is 0. The lowest BCUT2D eigenvalue weighted by atomic mass is 10.1. The van der Waals surface area contributed by atoms with Crippen LogP contribution in [-0.2, 0) is 14.5 Å². The first kappa shape index (κ1) is 9.44. The van der Waals surface area contributed by atoms with Crippen LogP contribution in [-0.4, -0.2) is 12.6 Å². The summed E-state index contributed by atoms with van der Waals surface area (Å²) in [4.78, 5) is 10.1. The minimum absolute atomic E-state index is 0.0944. The molecule has 2 aliphatic heterocycles. The molecule has 0 radical (unpaired) electrons. The quantitative estimate of drug-likeness (QED) is 0.544. The Hall–Kier alpha value is -0.120. The zero-order valence-electron chi connectivity index (χ0n) is 8.04. The number of hydrogen-bond donors (Lipinski definition) is 0. The smallest absolute Gasteiger partial charge is 0.194 e. The van der Waals surface area contributed by atoms with E-state index < -0.39 is 0 Å². The van der Waals surface area contributed by atoms with E-state index in [4.69, 9.17) is 14.5 Å². The molecule has 0 spiro atoms. The summed E-state index contributed by atoms with van der Waals surface area (Å²) in [5, 5.41) is 0. The third-order valence-electron chi connectivity index (χ3n) is 2.70. The van der Waals surface area contributed by atoms with Gasteiger partial charge in [0.2, 0.25) is 0 Å². The molecule has 2 fully saturated rings. The van der Waals surface area contributed by atoms with E-state index in [0.29, 0.717) is 0 Å². The first-order valence-electron chi connectivity index (χ1n) is 5.43. The lowest BCUT2D eigenvalue weighted by Gasteiger charge is -2.05. The van der Waals surface area contributed by atoms with E-state index in [-0.39, 0.29) is 12.6 Å². The zero-order chi connectivity index (χ0) is 8.93. The van der Waals surface area contributed by atoms with Gasteiger partial charge in [-0.2, -0.15) is 0 Å². The van der Waals surface area contributed by atoms with Crippen molar-refractivity contribution >= 4 is 0 Å². The van der Waals surface area contributed by atoms with Crippen molar-refractivity contribution in [3.63, 3.8) is 0 Å². The van der Waals surface area contributed by atoms with Crippen LogP contribution in [0.2, 0.25) is 0 Å². The zero-order valence-corrected chi connectivity index (χ0v) is 8.04. The summed E-state index contributed by atoms with van der Waals surface area (Å²) in [6, 6.07) is 0. The highest BCUT2D eigenvalue weighted by molar-refractivity contribution is 4.57. The van der Waals surface area contributed by atoms with Gasteiger partial charge in [0.15, 0.2) is 12.6 Å². The standard InChI is InChI=1S/C10H18O3/c1-2-4-6-8-10-11-9(12-13-10)7-5-3-1/h9-10H,1-8H2/t9-,10+. The van der Waals surface area contributed by atoms with Crippen molar-refractivity contribution < 1.29 is 14.5 Å². The van der Waals surface area contributed by atoms with Crippen molar-refractivity contribution in [3.8, 4) is 0 Å². The van der Waals surface area contributed by atoms with Crippen LogP contribution in [0.4, 0.5) is 0 Å². The second kappa shape index (κ2) is 4.94. The van der Waals surface area contributed by atoms with Gasteiger partial charge in [-0.3, -0.25) is 0 Å². The second-order valence-electron chi connectivity index (χ2n) is 3.89. The first-order valence-corrected chi connectivity index (χ1v) is 5.43. The molecule has 0 N–H and O–H groups in total. The molecule has 2 bridgehead atoms. The van der Waals surface area contributed by atoms with Crippen molar-refractivity contribution in [3.05, 3.63) is 0 Å². The number of ether oxygens (including phenoxy) is 1. The van der Waals surface area contributed by atoms with Crippen LogP contribution in [0.5, 0.6) is 0 Å². The van der Waals surface area contributed by atoms with Crippen molar-refractivity contribution in [2.24, 2.45) is 0 Å². The average Bonchev–Trinajstić information content (AvgIpc) is 2.52.